The molecule has 4 rings (SSSR count). The quantitative estimate of drug-likeness (QED) is 0.775. The Bertz CT molecular complexity index is 899. The molecule has 0 bridgehead atoms. The van der Waals surface area contributed by atoms with Crippen LogP contribution in [0.15, 0.2) is 42.6 Å². The normalized spacial score (nSPS) is 19.2. The number of pyridine rings is 1. The van der Waals surface area contributed by atoms with Gasteiger partial charge in [-0.25, -0.2) is 4.98 Å². The Hall–Kier alpha value is -3.01. The van der Waals surface area contributed by atoms with Gasteiger partial charge in [-0.3, -0.25) is 9.69 Å². The number of fused-ring (bicyclic) bond motifs is 1. The van der Waals surface area contributed by atoms with Gasteiger partial charge in [-0.15, -0.1) is 0 Å². The standard InChI is InChI=1S/C21H23F3N4O3/c22-21(23,24)15-5-6-19(25-11-15)28-9-7-27(8-10-28)13-20(29)26-12-16-14-30-17-3-1-2-4-18(17)31-16/h1-6,11,16H,7-10,12-14H2,(H,26,29)/t16-/m1/s1. The van der Waals surface area contributed by atoms with Crippen LogP contribution < -0.4 is 19.7 Å². The van der Waals surface area contributed by atoms with E-state index in [1.807, 2.05) is 34.1 Å². The average Bonchev–Trinajstić information content (AvgIpc) is 2.77. The lowest BCUT2D eigenvalue weighted by Gasteiger charge is -2.35. The van der Waals surface area contributed by atoms with Gasteiger partial charge >= 0.3 is 6.18 Å². The van der Waals surface area contributed by atoms with E-state index < -0.39 is 11.7 Å². The lowest BCUT2D eigenvalue weighted by atomic mass is 10.2. The summed E-state index contributed by atoms with van der Waals surface area (Å²) in [5.74, 6) is 1.77. The second-order valence-electron chi connectivity index (χ2n) is 7.47. The monoisotopic (exact) mass is 436 g/mol. The summed E-state index contributed by atoms with van der Waals surface area (Å²) >= 11 is 0. The number of nitrogens with zero attached hydrogens (tertiary/aromatic N) is 3. The van der Waals surface area contributed by atoms with Gasteiger partial charge in [0.05, 0.1) is 18.7 Å². The maximum atomic E-state index is 12.7. The fraction of sp³-hybridized carbons (Fsp3) is 0.429. The fourth-order valence-corrected chi connectivity index (χ4v) is 3.53. The van der Waals surface area contributed by atoms with E-state index >= 15 is 0 Å². The highest BCUT2D eigenvalue weighted by Crippen LogP contribution is 2.31. The molecule has 1 amide bonds. The molecular formula is C21H23F3N4O3. The van der Waals surface area contributed by atoms with Gasteiger partial charge in [0, 0.05) is 32.4 Å². The number of alkyl halides is 3. The van der Waals surface area contributed by atoms with Crippen molar-refractivity contribution in [3.05, 3.63) is 48.2 Å². The minimum absolute atomic E-state index is 0.108. The van der Waals surface area contributed by atoms with Crippen molar-refractivity contribution in [2.24, 2.45) is 0 Å². The van der Waals surface area contributed by atoms with E-state index in [1.165, 1.54) is 6.07 Å². The molecule has 7 nitrogen and oxygen atoms in total. The molecule has 10 heteroatoms. The van der Waals surface area contributed by atoms with E-state index in [2.05, 4.69) is 10.3 Å². The van der Waals surface area contributed by atoms with Gasteiger partial charge in [-0.2, -0.15) is 13.2 Å². The Morgan fingerprint density at radius 2 is 1.84 bits per heavy atom. The number of rotatable bonds is 5. The highest BCUT2D eigenvalue weighted by molar-refractivity contribution is 5.78. The van der Waals surface area contributed by atoms with Gasteiger partial charge in [0.25, 0.3) is 0 Å². The smallest absolute Gasteiger partial charge is 0.417 e. The number of amides is 1. The first-order chi connectivity index (χ1) is 14.9. The first kappa shape index (κ1) is 21.2. The number of carbonyl (C=O) groups excluding carboxylic acids is 1. The van der Waals surface area contributed by atoms with Crippen LogP contribution in [0.25, 0.3) is 0 Å². The number of hydrogen-bond acceptors (Lipinski definition) is 6. The summed E-state index contributed by atoms with van der Waals surface area (Å²) in [6, 6.07) is 9.83. The molecule has 1 atom stereocenters. The van der Waals surface area contributed by atoms with Crippen LogP contribution in [0.5, 0.6) is 11.5 Å². The van der Waals surface area contributed by atoms with Crippen molar-refractivity contribution in [2.45, 2.75) is 12.3 Å². The zero-order chi connectivity index (χ0) is 21.8. The van der Waals surface area contributed by atoms with E-state index in [-0.39, 0.29) is 18.6 Å². The fourth-order valence-electron chi connectivity index (χ4n) is 3.53. The molecule has 0 spiro atoms. The number of aromatic nitrogens is 1. The summed E-state index contributed by atoms with van der Waals surface area (Å²) in [6.45, 7) is 3.38. The third-order valence-corrected chi connectivity index (χ3v) is 5.23. The minimum atomic E-state index is -4.39. The Balaban J connectivity index is 1.19. The van der Waals surface area contributed by atoms with Crippen LogP contribution in [0.3, 0.4) is 0 Å². The zero-order valence-corrected chi connectivity index (χ0v) is 16.8. The summed E-state index contributed by atoms with van der Waals surface area (Å²) in [5.41, 5.74) is -0.762. The van der Waals surface area contributed by atoms with Gasteiger partial charge < -0.3 is 19.7 Å². The number of halogens is 3. The first-order valence-electron chi connectivity index (χ1n) is 10.0. The van der Waals surface area contributed by atoms with Crippen molar-refractivity contribution in [3.8, 4) is 11.5 Å². The Labute approximate surface area is 177 Å². The topological polar surface area (TPSA) is 66.9 Å². The number of benzene rings is 1. The number of piperazine rings is 1. The van der Waals surface area contributed by atoms with E-state index in [1.54, 1.807) is 0 Å². The molecule has 1 fully saturated rings. The molecule has 3 heterocycles. The Kier molecular flexibility index (Phi) is 6.17. The van der Waals surface area contributed by atoms with E-state index in [4.69, 9.17) is 9.47 Å². The number of ether oxygens (including phenoxy) is 2. The lowest BCUT2D eigenvalue weighted by Crippen LogP contribution is -2.50. The summed E-state index contributed by atoms with van der Waals surface area (Å²) < 4.78 is 49.5. The summed E-state index contributed by atoms with van der Waals surface area (Å²) in [7, 11) is 0. The SMILES string of the molecule is O=C(CN1CCN(c2ccc(C(F)(F)F)cn2)CC1)NC[C@@H]1COc2ccccc2O1. The third kappa shape index (κ3) is 5.38. The molecule has 0 aliphatic carbocycles. The predicted octanol–water partition coefficient (Wildman–Crippen LogP) is 2.18. The molecule has 0 saturated carbocycles. The Morgan fingerprint density at radius 1 is 1.10 bits per heavy atom. The van der Waals surface area contributed by atoms with Crippen LogP contribution in [-0.2, 0) is 11.0 Å². The van der Waals surface area contributed by atoms with Crippen LogP contribution in [0, 0.1) is 0 Å². The van der Waals surface area contributed by atoms with Crippen molar-refractivity contribution in [3.63, 3.8) is 0 Å². The molecule has 166 valence electrons. The molecule has 0 radical (unpaired) electrons. The molecule has 2 aromatic rings. The summed E-state index contributed by atoms with van der Waals surface area (Å²) in [6.07, 6.45) is -3.79. The molecule has 1 aromatic heterocycles. The van der Waals surface area contributed by atoms with Gasteiger partial charge in [0.15, 0.2) is 11.5 Å². The number of nitrogens with one attached hydrogen (secondary N) is 1. The molecule has 2 aliphatic heterocycles. The number of para-hydroxylation sites is 2. The van der Waals surface area contributed by atoms with Crippen molar-refractivity contribution >= 4 is 11.7 Å². The number of hydrogen-bond donors (Lipinski definition) is 1. The lowest BCUT2D eigenvalue weighted by molar-refractivity contribution is -0.137. The molecule has 31 heavy (non-hydrogen) atoms. The van der Waals surface area contributed by atoms with Crippen LogP contribution >= 0.6 is 0 Å². The maximum Gasteiger partial charge on any atom is 0.417 e. The van der Waals surface area contributed by atoms with Crippen LogP contribution in [0.4, 0.5) is 19.0 Å². The third-order valence-electron chi connectivity index (χ3n) is 5.23. The maximum absolute atomic E-state index is 12.7. The van der Waals surface area contributed by atoms with E-state index in [0.29, 0.717) is 56.6 Å². The highest BCUT2D eigenvalue weighted by atomic mass is 19.4. The average molecular weight is 436 g/mol. The van der Waals surface area contributed by atoms with Crippen LogP contribution in [0.2, 0.25) is 0 Å². The van der Waals surface area contributed by atoms with Gasteiger partial charge in [-0.05, 0) is 24.3 Å². The van der Waals surface area contributed by atoms with Crippen molar-refractivity contribution in [1.82, 2.24) is 15.2 Å². The van der Waals surface area contributed by atoms with Crippen LogP contribution in [-0.4, -0.2) is 67.8 Å². The Morgan fingerprint density at radius 3 is 2.52 bits per heavy atom. The molecule has 0 unspecified atom stereocenters. The van der Waals surface area contributed by atoms with Crippen molar-refractivity contribution in [1.29, 1.82) is 0 Å². The van der Waals surface area contributed by atoms with Gasteiger partial charge in [0.1, 0.15) is 18.5 Å². The highest BCUT2D eigenvalue weighted by Gasteiger charge is 2.31. The summed E-state index contributed by atoms with van der Waals surface area (Å²) in [4.78, 5) is 20.2. The molecule has 1 aromatic carbocycles. The minimum Gasteiger partial charge on any atom is -0.486 e. The summed E-state index contributed by atoms with van der Waals surface area (Å²) in [5, 5.41) is 2.88. The van der Waals surface area contributed by atoms with E-state index in [0.717, 1.165) is 12.3 Å². The van der Waals surface area contributed by atoms with Crippen molar-refractivity contribution < 1.29 is 27.4 Å². The van der Waals surface area contributed by atoms with Gasteiger partial charge in [-0.1, -0.05) is 12.1 Å². The predicted molar refractivity (Wildman–Crippen MR) is 107 cm³/mol. The molecular weight excluding hydrogens is 413 g/mol. The van der Waals surface area contributed by atoms with E-state index in [9.17, 15) is 18.0 Å². The first-order valence-corrected chi connectivity index (χ1v) is 10.0. The number of carbonyl (C=O) groups is 1. The second kappa shape index (κ2) is 9.01. The van der Waals surface area contributed by atoms with Gasteiger partial charge in [0.2, 0.25) is 5.91 Å². The van der Waals surface area contributed by atoms with Crippen molar-refractivity contribution in [2.75, 3.05) is 50.8 Å². The molecule has 2 aliphatic rings. The zero-order valence-electron chi connectivity index (χ0n) is 16.8. The number of anilines is 1. The molecule has 1 N–H and O–H groups in total. The second-order valence-corrected chi connectivity index (χ2v) is 7.47. The largest absolute Gasteiger partial charge is 0.486 e. The molecule has 1 saturated heterocycles. The van der Waals surface area contributed by atoms with Crippen LogP contribution in [0.1, 0.15) is 5.56 Å².